The standard InChI is InChI=1S/C37H41NO9S2/c1-37(2,3)49(43)38-28-21-13-14-24(22-39)23-48-36-32(46-35(42)27-19-11-6-12-20-27)31(45-34(41)26-17-9-5-10-18-26)30(29(28)47-36)44-33(40)25-15-7-4-8-16-25/h4-20,24,28-32,36,38-39H,21-23H2,1-3H3/t24-,28+,29+,30-,31-,32+,36+,49+/m0/s1. The molecule has 0 unspecified atom stereocenters. The van der Waals surface area contributed by atoms with Crippen molar-refractivity contribution in [2.45, 2.75) is 67.8 Å². The van der Waals surface area contributed by atoms with Gasteiger partial charge < -0.3 is 28.6 Å². The molecule has 0 aliphatic carbocycles. The van der Waals surface area contributed by atoms with E-state index in [4.69, 9.17) is 18.9 Å². The molecular formula is C37H41NO9S2. The average Bonchev–Trinajstić information content (AvgIpc) is 3.11. The molecule has 10 nitrogen and oxygen atoms in total. The molecule has 260 valence electrons. The molecule has 0 spiro atoms. The van der Waals surface area contributed by atoms with Crippen molar-refractivity contribution in [3.8, 4) is 0 Å². The van der Waals surface area contributed by atoms with Gasteiger partial charge in [0.2, 0.25) is 0 Å². The molecule has 49 heavy (non-hydrogen) atoms. The van der Waals surface area contributed by atoms with E-state index in [-0.39, 0.29) is 35.6 Å². The second kappa shape index (κ2) is 16.8. The van der Waals surface area contributed by atoms with Gasteiger partial charge in [-0.05, 0) is 63.6 Å². The Morgan fingerprint density at radius 2 is 1.29 bits per heavy atom. The minimum Gasteiger partial charge on any atom is -0.598 e. The minimum atomic E-state index is -1.59. The van der Waals surface area contributed by atoms with Gasteiger partial charge in [-0.15, -0.1) is 16.5 Å². The fraction of sp³-hybridized carbons (Fsp3) is 0.378. The lowest BCUT2D eigenvalue weighted by Gasteiger charge is -2.47. The third kappa shape index (κ3) is 9.53. The predicted molar refractivity (Wildman–Crippen MR) is 187 cm³/mol. The zero-order valence-corrected chi connectivity index (χ0v) is 29.1. The normalized spacial score (nSPS) is 26.2. The van der Waals surface area contributed by atoms with Gasteiger partial charge in [-0.2, -0.15) is 0 Å². The number of hydrogen-bond acceptors (Lipinski definition) is 11. The zero-order valence-electron chi connectivity index (χ0n) is 27.5. The minimum absolute atomic E-state index is 0.149. The van der Waals surface area contributed by atoms with E-state index < -0.39 is 69.9 Å². The van der Waals surface area contributed by atoms with Gasteiger partial charge in [-0.1, -0.05) is 66.7 Å². The molecule has 0 amide bonds. The van der Waals surface area contributed by atoms with E-state index in [1.165, 1.54) is 11.8 Å². The highest BCUT2D eigenvalue weighted by molar-refractivity contribution is 7.99. The van der Waals surface area contributed by atoms with Crippen LogP contribution in [-0.2, 0) is 30.3 Å². The van der Waals surface area contributed by atoms with Gasteiger partial charge in [0, 0.05) is 23.0 Å². The van der Waals surface area contributed by atoms with Crippen LogP contribution >= 0.6 is 11.8 Å². The van der Waals surface area contributed by atoms with Crippen LogP contribution in [0, 0.1) is 5.92 Å². The first-order valence-corrected chi connectivity index (χ1v) is 18.3. The van der Waals surface area contributed by atoms with Crippen molar-refractivity contribution in [3.63, 3.8) is 0 Å². The Morgan fingerprint density at radius 3 is 1.76 bits per heavy atom. The van der Waals surface area contributed by atoms with Crippen molar-refractivity contribution in [2.24, 2.45) is 5.92 Å². The summed E-state index contributed by atoms with van der Waals surface area (Å²) in [6, 6.07) is 24.3. The van der Waals surface area contributed by atoms with Crippen molar-refractivity contribution in [3.05, 3.63) is 120 Å². The Morgan fingerprint density at radius 1 is 0.816 bits per heavy atom. The molecule has 3 aromatic carbocycles. The molecule has 8 atom stereocenters. The van der Waals surface area contributed by atoms with E-state index in [0.29, 0.717) is 5.75 Å². The van der Waals surface area contributed by atoms with E-state index >= 15 is 0 Å². The van der Waals surface area contributed by atoms with Gasteiger partial charge in [0.25, 0.3) is 0 Å². The second-order valence-electron chi connectivity index (χ2n) is 12.7. The van der Waals surface area contributed by atoms with E-state index in [2.05, 4.69) is 4.72 Å². The van der Waals surface area contributed by atoms with Crippen LogP contribution in [0.1, 0.15) is 58.3 Å². The first-order chi connectivity index (χ1) is 23.5. The Bertz CT molecular complexity index is 1570. The van der Waals surface area contributed by atoms with Crippen LogP contribution in [0.2, 0.25) is 0 Å². The molecule has 2 heterocycles. The van der Waals surface area contributed by atoms with Crippen molar-refractivity contribution in [1.82, 2.24) is 4.72 Å². The molecule has 5 rings (SSSR count). The number of rotatable bonds is 9. The maximum absolute atomic E-state index is 13.7. The molecule has 1 saturated heterocycles. The van der Waals surface area contributed by atoms with E-state index in [9.17, 15) is 24.0 Å². The number of ether oxygens (including phenoxy) is 4. The number of aliphatic hydroxyl groups excluding tert-OH is 1. The van der Waals surface area contributed by atoms with Gasteiger partial charge in [0.05, 0.1) is 29.3 Å². The maximum atomic E-state index is 13.7. The fourth-order valence-electron chi connectivity index (χ4n) is 5.35. The second-order valence-corrected chi connectivity index (χ2v) is 15.9. The van der Waals surface area contributed by atoms with Gasteiger partial charge in [-0.25, -0.2) is 14.4 Å². The molecule has 0 aromatic heterocycles. The van der Waals surface area contributed by atoms with Crippen LogP contribution in [0.3, 0.4) is 0 Å². The Balaban J connectivity index is 1.63. The zero-order chi connectivity index (χ0) is 35.0. The summed E-state index contributed by atoms with van der Waals surface area (Å²) in [6.45, 7) is 5.32. The van der Waals surface area contributed by atoms with Crippen LogP contribution in [0.4, 0.5) is 0 Å². The highest BCUT2D eigenvalue weighted by atomic mass is 32.2. The van der Waals surface area contributed by atoms with Gasteiger partial charge in [-0.3, -0.25) is 0 Å². The molecule has 2 aliphatic heterocycles. The number of aliphatic hydroxyl groups is 1. The summed E-state index contributed by atoms with van der Waals surface area (Å²) in [6.07, 6.45) is -0.933. The third-order valence-electron chi connectivity index (χ3n) is 8.01. The Hall–Kier alpha value is -3.65. The van der Waals surface area contributed by atoms with Gasteiger partial charge in [0.15, 0.2) is 18.3 Å². The molecule has 2 aliphatic rings. The number of hydrogen-bond donors (Lipinski definition) is 2. The smallest absolute Gasteiger partial charge is 0.338 e. The quantitative estimate of drug-likeness (QED) is 0.133. The number of nitrogens with one attached hydrogen (secondary N) is 1. The maximum Gasteiger partial charge on any atom is 0.338 e. The van der Waals surface area contributed by atoms with Crippen LogP contribution in [0.25, 0.3) is 0 Å². The summed E-state index contributed by atoms with van der Waals surface area (Å²) in [4.78, 5) is 41.1. The first kappa shape index (κ1) is 36.6. The number of fused-ring (bicyclic) bond motifs is 2. The number of carbonyl (C=O) groups is 3. The Labute approximate surface area is 293 Å². The number of benzene rings is 3. The highest BCUT2D eigenvalue weighted by Gasteiger charge is 2.55. The number of thioether (sulfide) groups is 1. The SMILES string of the molecule is CC(C)(C)[S@@+]([O-])N[C@@H]1CC=C[C@@H](CO)CS[C@H]2O[C@H]1[C@H](OC(=O)c1ccccc1)[C@H](OC(=O)c1ccccc1)[C@H]2OC(=O)c1ccccc1. The Kier molecular flexibility index (Phi) is 12.6. The van der Waals surface area contributed by atoms with Crippen LogP contribution in [0.5, 0.6) is 0 Å². The molecule has 2 N–H and O–H groups in total. The lowest BCUT2D eigenvalue weighted by Crippen LogP contribution is -2.66. The van der Waals surface area contributed by atoms with Crippen molar-refractivity contribution < 1.29 is 43.0 Å². The number of carbonyl (C=O) groups excluding carboxylic acids is 3. The molecule has 0 saturated carbocycles. The molecule has 1 fully saturated rings. The lowest BCUT2D eigenvalue weighted by atomic mass is 9.92. The summed E-state index contributed by atoms with van der Waals surface area (Å²) < 4.78 is 41.3. The first-order valence-electron chi connectivity index (χ1n) is 16.1. The van der Waals surface area contributed by atoms with Crippen LogP contribution in [-0.4, -0.2) is 80.6 Å². The van der Waals surface area contributed by atoms with Crippen LogP contribution < -0.4 is 4.72 Å². The topological polar surface area (TPSA) is 143 Å². The largest absolute Gasteiger partial charge is 0.598 e. The summed E-state index contributed by atoms with van der Waals surface area (Å²) in [5, 5.41) is 10.1. The van der Waals surface area contributed by atoms with E-state index in [1.54, 1.807) is 91.0 Å². The van der Waals surface area contributed by atoms with Crippen molar-refractivity contribution >= 4 is 41.0 Å². The molecule has 2 bridgehead atoms. The highest BCUT2D eigenvalue weighted by Crippen LogP contribution is 2.38. The lowest BCUT2D eigenvalue weighted by molar-refractivity contribution is -0.205. The summed E-state index contributed by atoms with van der Waals surface area (Å²) in [7, 11) is 0. The van der Waals surface area contributed by atoms with E-state index in [0.717, 1.165) is 0 Å². The number of esters is 3. The monoisotopic (exact) mass is 707 g/mol. The van der Waals surface area contributed by atoms with Gasteiger partial charge >= 0.3 is 17.9 Å². The molecule has 12 heteroatoms. The molecule has 3 aromatic rings. The molecule has 0 radical (unpaired) electrons. The third-order valence-corrected chi connectivity index (χ3v) is 11.0. The van der Waals surface area contributed by atoms with Crippen molar-refractivity contribution in [2.75, 3.05) is 12.4 Å². The van der Waals surface area contributed by atoms with E-state index in [1.807, 2.05) is 32.9 Å². The summed E-state index contributed by atoms with van der Waals surface area (Å²) in [5.74, 6) is -2.02. The summed E-state index contributed by atoms with van der Waals surface area (Å²) in [5.41, 5.74) is -0.190. The average molecular weight is 708 g/mol. The van der Waals surface area contributed by atoms with Gasteiger partial charge in [0.1, 0.15) is 16.3 Å². The predicted octanol–water partition coefficient (Wildman–Crippen LogP) is 5.11. The van der Waals surface area contributed by atoms with Crippen molar-refractivity contribution in [1.29, 1.82) is 0 Å². The molecular weight excluding hydrogens is 667 g/mol. The summed E-state index contributed by atoms with van der Waals surface area (Å²) >= 11 is -0.313. The van der Waals surface area contributed by atoms with Crippen LogP contribution in [0.15, 0.2) is 103 Å². The fourth-order valence-corrected chi connectivity index (χ4v) is 7.47.